The van der Waals surface area contributed by atoms with Crippen LogP contribution in [0.2, 0.25) is 0 Å². The highest BCUT2D eigenvalue weighted by molar-refractivity contribution is 4.94. The molecule has 0 radical (unpaired) electrons. The summed E-state index contributed by atoms with van der Waals surface area (Å²) in [6.45, 7) is 20.2. The Hall–Kier alpha value is -0.160. The molecule has 0 amide bonds. The summed E-state index contributed by atoms with van der Waals surface area (Å²) >= 11 is 0. The summed E-state index contributed by atoms with van der Waals surface area (Å²) in [7, 11) is 0. The highest BCUT2D eigenvalue weighted by Crippen LogP contribution is 2.31. The van der Waals surface area contributed by atoms with Crippen LogP contribution in [0.3, 0.4) is 0 Å². The van der Waals surface area contributed by atoms with Crippen molar-refractivity contribution in [3.05, 3.63) is 0 Å². The molecule has 150 valence electrons. The number of hydrogen-bond acceptors (Lipinski definition) is 4. The van der Waals surface area contributed by atoms with Crippen LogP contribution in [0, 0.1) is 11.8 Å². The van der Waals surface area contributed by atoms with Crippen LogP contribution in [0.1, 0.15) is 53.4 Å². The van der Waals surface area contributed by atoms with E-state index in [4.69, 9.17) is 0 Å². The van der Waals surface area contributed by atoms with E-state index in [1.165, 1.54) is 78.0 Å². The minimum atomic E-state index is 0.729. The maximum atomic E-state index is 2.84. The molecule has 4 rings (SSSR count). The lowest BCUT2D eigenvalue weighted by molar-refractivity contribution is -0.0263. The molecular formula is C22H42N4. The standard InChI is InChI=1S/C22H42N4/c1-17(2)19-13-26(14-19)21-7-9-23(10-8-21)20-5-11-24(12-6-20)22-15-25(16-22)18(3)4/h17-22H,5-16H2,1-4H3. The molecule has 0 spiro atoms. The second kappa shape index (κ2) is 8.06. The van der Waals surface area contributed by atoms with Gasteiger partial charge in [0.2, 0.25) is 0 Å². The summed E-state index contributed by atoms with van der Waals surface area (Å²) in [5.41, 5.74) is 0. The van der Waals surface area contributed by atoms with E-state index in [-0.39, 0.29) is 0 Å². The summed E-state index contributed by atoms with van der Waals surface area (Å²) in [6, 6.07) is 3.34. The van der Waals surface area contributed by atoms with Gasteiger partial charge in [0.15, 0.2) is 0 Å². The predicted octanol–water partition coefficient (Wildman–Crippen LogP) is 2.60. The third-order valence-electron chi connectivity index (χ3n) is 8.05. The van der Waals surface area contributed by atoms with E-state index < -0.39 is 0 Å². The number of piperidine rings is 2. The first-order valence-electron chi connectivity index (χ1n) is 11.5. The van der Waals surface area contributed by atoms with Gasteiger partial charge < -0.3 is 4.90 Å². The van der Waals surface area contributed by atoms with Gasteiger partial charge in [0.05, 0.1) is 0 Å². The molecule has 0 unspecified atom stereocenters. The number of likely N-dealkylation sites (tertiary alicyclic amines) is 4. The van der Waals surface area contributed by atoms with Gasteiger partial charge in [-0.2, -0.15) is 0 Å². The molecule has 0 bridgehead atoms. The van der Waals surface area contributed by atoms with E-state index in [9.17, 15) is 0 Å². The highest BCUT2D eigenvalue weighted by Gasteiger charge is 2.38. The molecule has 4 nitrogen and oxygen atoms in total. The SMILES string of the molecule is CC(C)C1CN(C2CCN(C3CCN(C4CN(C(C)C)C4)CC3)CC2)C1. The fraction of sp³-hybridized carbons (Fsp3) is 1.00. The van der Waals surface area contributed by atoms with E-state index in [1.807, 2.05) is 0 Å². The molecule has 0 N–H and O–H groups in total. The Kier molecular flexibility index (Phi) is 5.95. The van der Waals surface area contributed by atoms with Crippen molar-refractivity contribution in [2.75, 3.05) is 52.4 Å². The Morgan fingerprint density at radius 2 is 1.04 bits per heavy atom. The molecule has 0 aliphatic carbocycles. The van der Waals surface area contributed by atoms with E-state index in [2.05, 4.69) is 47.3 Å². The molecule has 4 saturated heterocycles. The van der Waals surface area contributed by atoms with Gasteiger partial charge in [0.25, 0.3) is 0 Å². The maximum absolute atomic E-state index is 2.84. The molecule has 4 fully saturated rings. The average Bonchev–Trinajstić information content (AvgIpc) is 2.53. The molecule has 0 aromatic rings. The first kappa shape index (κ1) is 19.2. The van der Waals surface area contributed by atoms with Crippen molar-refractivity contribution >= 4 is 0 Å². The highest BCUT2D eigenvalue weighted by atomic mass is 15.3. The third kappa shape index (κ3) is 3.99. The summed E-state index contributed by atoms with van der Waals surface area (Å²) in [6.07, 6.45) is 5.64. The quantitative estimate of drug-likeness (QED) is 0.745. The van der Waals surface area contributed by atoms with Gasteiger partial charge >= 0.3 is 0 Å². The molecule has 0 saturated carbocycles. The lowest BCUT2D eigenvalue weighted by Crippen LogP contribution is -2.63. The van der Waals surface area contributed by atoms with Gasteiger partial charge in [-0.15, -0.1) is 0 Å². The second-order valence-electron chi connectivity index (χ2n) is 10.2. The van der Waals surface area contributed by atoms with Gasteiger partial charge in [0.1, 0.15) is 0 Å². The van der Waals surface area contributed by atoms with Crippen LogP contribution in [0.5, 0.6) is 0 Å². The maximum Gasteiger partial charge on any atom is 0.0350 e. The monoisotopic (exact) mass is 362 g/mol. The van der Waals surface area contributed by atoms with E-state index in [0.717, 1.165) is 36.0 Å². The van der Waals surface area contributed by atoms with Crippen molar-refractivity contribution in [1.82, 2.24) is 19.6 Å². The van der Waals surface area contributed by atoms with Crippen LogP contribution in [0.25, 0.3) is 0 Å². The Bertz CT molecular complexity index is 395. The fourth-order valence-electron chi connectivity index (χ4n) is 5.64. The predicted molar refractivity (Wildman–Crippen MR) is 110 cm³/mol. The van der Waals surface area contributed by atoms with Crippen LogP contribution in [0.4, 0.5) is 0 Å². The Balaban J connectivity index is 1.14. The zero-order valence-corrected chi connectivity index (χ0v) is 17.7. The van der Waals surface area contributed by atoms with Crippen molar-refractivity contribution in [3.8, 4) is 0 Å². The van der Waals surface area contributed by atoms with Gasteiger partial charge in [-0.05, 0) is 64.5 Å². The normalized spacial score (nSPS) is 30.2. The van der Waals surface area contributed by atoms with Crippen molar-refractivity contribution in [3.63, 3.8) is 0 Å². The molecule has 0 aromatic carbocycles. The first-order chi connectivity index (χ1) is 12.5. The number of rotatable bonds is 5. The number of nitrogens with zero attached hydrogens (tertiary/aromatic N) is 4. The topological polar surface area (TPSA) is 13.0 Å². The van der Waals surface area contributed by atoms with Crippen LogP contribution in [-0.2, 0) is 0 Å². The van der Waals surface area contributed by atoms with E-state index in [0.29, 0.717) is 0 Å². The van der Waals surface area contributed by atoms with Crippen molar-refractivity contribution in [2.45, 2.75) is 77.5 Å². The molecule has 0 aromatic heterocycles. The fourth-order valence-corrected chi connectivity index (χ4v) is 5.64. The first-order valence-corrected chi connectivity index (χ1v) is 11.5. The van der Waals surface area contributed by atoms with E-state index >= 15 is 0 Å². The summed E-state index contributed by atoms with van der Waals surface area (Å²) in [4.78, 5) is 11.0. The van der Waals surface area contributed by atoms with Crippen LogP contribution in [-0.4, -0.2) is 96.1 Å². The Labute approximate surface area is 161 Å². The Morgan fingerprint density at radius 1 is 0.577 bits per heavy atom. The zero-order valence-electron chi connectivity index (χ0n) is 17.7. The molecule has 4 aliphatic heterocycles. The molecule has 0 atom stereocenters. The van der Waals surface area contributed by atoms with Crippen LogP contribution < -0.4 is 0 Å². The smallest absolute Gasteiger partial charge is 0.0350 e. The molecule has 4 heterocycles. The summed E-state index contributed by atoms with van der Waals surface area (Å²) < 4.78 is 0. The molecule has 26 heavy (non-hydrogen) atoms. The van der Waals surface area contributed by atoms with Crippen molar-refractivity contribution in [2.24, 2.45) is 11.8 Å². The Morgan fingerprint density at radius 3 is 1.50 bits per heavy atom. The van der Waals surface area contributed by atoms with E-state index in [1.54, 1.807) is 0 Å². The van der Waals surface area contributed by atoms with Gasteiger partial charge in [0, 0.05) is 63.4 Å². The van der Waals surface area contributed by atoms with Gasteiger partial charge in [-0.3, -0.25) is 14.7 Å². The molecule has 4 aliphatic rings. The second-order valence-corrected chi connectivity index (χ2v) is 10.2. The number of hydrogen-bond donors (Lipinski definition) is 0. The summed E-state index contributed by atoms with van der Waals surface area (Å²) in [5.74, 6) is 1.84. The minimum Gasteiger partial charge on any atom is -0.300 e. The third-order valence-corrected chi connectivity index (χ3v) is 8.05. The lowest BCUT2D eigenvalue weighted by atomic mass is 9.85. The van der Waals surface area contributed by atoms with Crippen LogP contribution >= 0.6 is 0 Å². The van der Waals surface area contributed by atoms with Gasteiger partial charge in [-0.25, -0.2) is 0 Å². The molecular weight excluding hydrogens is 320 g/mol. The van der Waals surface area contributed by atoms with Gasteiger partial charge in [-0.1, -0.05) is 13.8 Å². The van der Waals surface area contributed by atoms with Crippen molar-refractivity contribution in [1.29, 1.82) is 0 Å². The van der Waals surface area contributed by atoms with Crippen molar-refractivity contribution < 1.29 is 0 Å². The van der Waals surface area contributed by atoms with Crippen LogP contribution in [0.15, 0.2) is 0 Å². The zero-order chi connectivity index (χ0) is 18.3. The largest absolute Gasteiger partial charge is 0.300 e. The molecule has 4 heteroatoms. The minimum absolute atomic E-state index is 0.729. The lowest BCUT2D eigenvalue weighted by Gasteiger charge is -2.52. The average molecular weight is 363 g/mol. The summed E-state index contributed by atoms with van der Waals surface area (Å²) in [5, 5.41) is 0.